The van der Waals surface area contributed by atoms with Gasteiger partial charge >= 0.3 is 0 Å². The first-order valence-corrected chi connectivity index (χ1v) is 8.87. The fourth-order valence-electron chi connectivity index (χ4n) is 2.88. The van der Waals surface area contributed by atoms with Crippen molar-refractivity contribution in [1.82, 2.24) is 9.62 Å². The van der Waals surface area contributed by atoms with Crippen LogP contribution in [0.25, 0.3) is 0 Å². The van der Waals surface area contributed by atoms with Crippen molar-refractivity contribution in [2.24, 2.45) is 11.7 Å². The number of halogens is 1. The van der Waals surface area contributed by atoms with Gasteiger partial charge in [-0.2, -0.15) is 0 Å². The summed E-state index contributed by atoms with van der Waals surface area (Å²) in [4.78, 5) is 2.37. The molecule has 0 saturated heterocycles. The third kappa shape index (κ3) is 4.93. The summed E-state index contributed by atoms with van der Waals surface area (Å²) in [5.41, 5.74) is 6.81. The Hall–Kier alpha value is -0.660. The van der Waals surface area contributed by atoms with Gasteiger partial charge in [0.1, 0.15) is 0 Å². The summed E-state index contributed by atoms with van der Waals surface area (Å²) in [6, 6.07) is 7.05. The Morgan fingerprint density at radius 1 is 1.23 bits per heavy atom. The molecule has 0 amide bonds. The van der Waals surface area contributed by atoms with E-state index in [1.807, 2.05) is 31.1 Å². The molecule has 3 N–H and O–H groups in total. The van der Waals surface area contributed by atoms with Gasteiger partial charge in [-0.1, -0.05) is 18.6 Å². The maximum atomic E-state index is 12.4. The number of rotatable bonds is 6. The minimum atomic E-state index is -3.45. The van der Waals surface area contributed by atoms with Crippen LogP contribution >= 0.6 is 12.4 Å². The predicted octanol–water partition coefficient (Wildman–Crippen LogP) is 1.58. The normalized spacial score (nSPS) is 21.8. The zero-order valence-electron chi connectivity index (χ0n) is 13.2. The van der Waals surface area contributed by atoms with Gasteiger partial charge in [0.05, 0.1) is 4.90 Å². The van der Waals surface area contributed by atoms with Crippen LogP contribution in [-0.4, -0.2) is 40.0 Å². The quantitative estimate of drug-likeness (QED) is 0.819. The van der Waals surface area contributed by atoms with Crippen LogP contribution in [-0.2, 0) is 16.6 Å². The Kier molecular flexibility index (Phi) is 7.28. The monoisotopic (exact) mass is 347 g/mol. The molecule has 2 rings (SSSR count). The average molecular weight is 348 g/mol. The minimum absolute atomic E-state index is 0. The van der Waals surface area contributed by atoms with E-state index in [9.17, 15) is 8.42 Å². The largest absolute Gasteiger partial charge is 0.330 e. The van der Waals surface area contributed by atoms with Gasteiger partial charge in [0.15, 0.2) is 0 Å². The molecule has 0 aliphatic heterocycles. The van der Waals surface area contributed by atoms with Crippen molar-refractivity contribution in [3.63, 3.8) is 0 Å². The first kappa shape index (κ1) is 19.4. The molecule has 0 heterocycles. The van der Waals surface area contributed by atoms with E-state index in [1.54, 1.807) is 12.1 Å². The van der Waals surface area contributed by atoms with Gasteiger partial charge in [-0.15, -0.1) is 12.4 Å². The molecule has 1 fully saturated rings. The van der Waals surface area contributed by atoms with Crippen molar-refractivity contribution in [2.75, 3.05) is 20.6 Å². The molecule has 1 aliphatic carbocycles. The van der Waals surface area contributed by atoms with Crippen LogP contribution in [0.2, 0.25) is 0 Å². The third-order valence-electron chi connectivity index (χ3n) is 4.00. The van der Waals surface area contributed by atoms with Crippen molar-refractivity contribution in [3.05, 3.63) is 29.8 Å². The topological polar surface area (TPSA) is 75.4 Å². The minimum Gasteiger partial charge on any atom is -0.330 e. The molecule has 0 bridgehead atoms. The van der Waals surface area contributed by atoms with Crippen molar-refractivity contribution in [2.45, 2.75) is 36.7 Å². The lowest BCUT2D eigenvalue weighted by Gasteiger charge is -2.19. The van der Waals surface area contributed by atoms with E-state index in [1.165, 1.54) is 0 Å². The second kappa shape index (κ2) is 8.26. The second-order valence-corrected chi connectivity index (χ2v) is 7.75. The fraction of sp³-hybridized carbons (Fsp3) is 0.600. The van der Waals surface area contributed by atoms with Crippen LogP contribution in [0.5, 0.6) is 0 Å². The number of hydrogen-bond acceptors (Lipinski definition) is 4. The van der Waals surface area contributed by atoms with Crippen molar-refractivity contribution in [3.8, 4) is 0 Å². The number of nitrogens with zero attached hydrogens (tertiary/aromatic N) is 1. The van der Waals surface area contributed by atoms with Crippen molar-refractivity contribution in [1.29, 1.82) is 0 Å². The van der Waals surface area contributed by atoms with Gasteiger partial charge in [0.25, 0.3) is 0 Å². The SMILES string of the molecule is CN(C)Cc1ccc(S(=O)(=O)NC2CCCC2CN)cc1.Cl. The Morgan fingerprint density at radius 3 is 2.41 bits per heavy atom. The van der Waals surface area contributed by atoms with Crippen LogP contribution in [0.4, 0.5) is 0 Å². The molecule has 1 saturated carbocycles. The first-order valence-electron chi connectivity index (χ1n) is 7.38. The molecule has 0 radical (unpaired) electrons. The highest BCUT2D eigenvalue weighted by Crippen LogP contribution is 2.26. The summed E-state index contributed by atoms with van der Waals surface area (Å²) in [7, 11) is 0.520. The van der Waals surface area contributed by atoms with Gasteiger partial charge in [-0.25, -0.2) is 13.1 Å². The lowest BCUT2D eigenvalue weighted by Crippen LogP contribution is -2.39. The molecule has 7 heteroatoms. The molecular formula is C15H26ClN3O2S. The van der Waals surface area contributed by atoms with E-state index in [4.69, 9.17) is 5.73 Å². The summed E-state index contributed by atoms with van der Waals surface area (Å²) < 4.78 is 27.7. The summed E-state index contributed by atoms with van der Waals surface area (Å²) in [6.07, 6.45) is 2.92. The molecule has 2 atom stereocenters. The molecule has 1 aliphatic rings. The maximum Gasteiger partial charge on any atom is 0.240 e. The Balaban J connectivity index is 0.00000242. The van der Waals surface area contributed by atoms with Gasteiger partial charge in [0, 0.05) is 12.6 Å². The Bertz CT molecular complexity index is 561. The third-order valence-corrected chi connectivity index (χ3v) is 5.51. The summed E-state index contributed by atoms with van der Waals surface area (Å²) >= 11 is 0. The van der Waals surface area contributed by atoms with Crippen LogP contribution in [0.3, 0.4) is 0 Å². The number of nitrogens with two attached hydrogens (primary N) is 1. The molecule has 5 nitrogen and oxygen atoms in total. The van der Waals surface area contributed by atoms with E-state index in [2.05, 4.69) is 4.72 Å². The fourth-order valence-corrected chi connectivity index (χ4v) is 4.22. The van der Waals surface area contributed by atoms with Crippen molar-refractivity contribution >= 4 is 22.4 Å². The molecule has 1 aromatic carbocycles. The van der Waals surface area contributed by atoms with Crippen LogP contribution in [0, 0.1) is 5.92 Å². The highest BCUT2D eigenvalue weighted by molar-refractivity contribution is 7.89. The summed E-state index contributed by atoms with van der Waals surface area (Å²) in [5.74, 6) is 0.257. The van der Waals surface area contributed by atoms with Gasteiger partial charge in [0.2, 0.25) is 10.0 Å². The van der Waals surface area contributed by atoms with Crippen LogP contribution < -0.4 is 10.5 Å². The van der Waals surface area contributed by atoms with Gasteiger partial charge in [-0.05, 0) is 57.1 Å². The van der Waals surface area contributed by atoms with Crippen molar-refractivity contribution < 1.29 is 8.42 Å². The zero-order valence-corrected chi connectivity index (χ0v) is 14.8. The van der Waals surface area contributed by atoms with E-state index in [0.717, 1.165) is 31.4 Å². The van der Waals surface area contributed by atoms with Crippen LogP contribution in [0.15, 0.2) is 29.2 Å². The van der Waals surface area contributed by atoms with E-state index in [0.29, 0.717) is 11.4 Å². The van der Waals surface area contributed by atoms with E-state index >= 15 is 0 Å². The number of nitrogens with one attached hydrogen (secondary N) is 1. The highest BCUT2D eigenvalue weighted by atomic mass is 35.5. The molecule has 1 aromatic rings. The van der Waals surface area contributed by atoms with Gasteiger partial charge < -0.3 is 10.6 Å². The molecule has 126 valence electrons. The molecule has 0 aromatic heterocycles. The molecule has 0 spiro atoms. The Labute approximate surface area is 139 Å². The lowest BCUT2D eigenvalue weighted by atomic mass is 10.1. The first-order chi connectivity index (χ1) is 9.92. The van der Waals surface area contributed by atoms with E-state index < -0.39 is 10.0 Å². The number of benzene rings is 1. The molecule has 2 unspecified atom stereocenters. The standard InChI is InChI=1S/C15H25N3O2S.ClH/c1-18(2)11-12-6-8-14(9-7-12)21(19,20)17-15-5-3-4-13(15)10-16;/h6-9,13,15,17H,3-5,10-11,16H2,1-2H3;1H. The molecule has 22 heavy (non-hydrogen) atoms. The van der Waals surface area contributed by atoms with Crippen LogP contribution in [0.1, 0.15) is 24.8 Å². The second-order valence-electron chi connectivity index (χ2n) is 6.04. The number of hydrogen-bond donors (Lipinski definition) is 2. The summed E-state index contributed by atoms with van der Waals surface area (Å²) in [6.45, 7) is 1.33. The lowest BCUT2D eigenvalue weighted by molar-refractivity contribution is 0.402. The number of sulfonamides is 1. The maximum absolute atomic E-state index is 12.4. The molecular weight excluding hydrogens is 322 g/mol. The smallest absolute Gasteiger partial charge is 0.240 e. The average Bonchev–Trinajstić information content (AvgIpc) is 2.85. The Morgan fingerprint density at radius 2 is 1.86 bits per heavy atom. The van der Waals surface area contributed by atoms with Gasteiger partial charge in [-0.3, -0.25) is 0 Å². The summed E-state index contributed by atoms with van der Waals surface area (Å²) in [5, 5.41) is 0. The highest BCUT2D eigenvalue weighted by Gasteiger charge is 2.30. The van der Waals surface area contributed by atoms with E-state index in [-0.39, 0.29) is 24.4 Å². The predicted molar refractivity (Wildman–Crippen MR) is 91.6 cm³/mol. The zero-order chi connectivity index (χ0) is 15.5.